The van der Waals surface area contributed by atoms with Crippen molar-refractivity contribution < 1.29 is 19.0 Å². The van der Waals surface area contributed by atoms with Gasteiger partial charge in [-0.15, -0.1) is 0 Å². The van der Waals surface area contributed by atoms with Gasteiger partial charge in [-0.05, 0) is 6.42 Å². The molecule has 1 heterocycles. The Bertz CT molecular complexity index is 143. The number of rotatable bonds is 3. The van der Waals surface area contributed by atoms with Crippen molar-refractivity contribution in [3.63, 3.8) is 0 Å². The molecule has 0 aliphatic carbocycles. The highest BCUT2D eigenvalue weighted by Crippen LogP contribution is 2.21. The minimum absolute atomic E-state index is 0.203. The van der Waals surface area contributed by atoms with Gasteiger partial charge in [0.1, 0.15) is 6.17 Å². The van der Waals surface area contributed by atoms with Crippen LogP contribution in [-0.4, -0.2) is 30.5 Å². The van der Waals surface area contributed by atoms with Crippen molar-refractivity contribution in [1.82, 2.24) is 0 Å². The number of hydrogen-bond donors (Lipinski definition) is 1. The van der Waals surface area contributed by atoms with Crippen molar-refractivity contribution in [3.8, 4) is 0 Å². The van der Waals surface area contributed by atoms with Crippen molar-refractivity contribution in [2.75, 3.05) is 13.2 Å². The van der Waals surface area contributed by atoms with E-state index in [9.17, 15) is 9.18 Å². The van der Waals surface area contributed by atoms with E-state index >= 15 is 0 Å². The van der Waals surface area contributed by atoms with Crippen LogP contribution in [0.3, 0.4) is 0 Å². The van der Waals surface area contributed by atoms with E-state index in [1.54, 1.807) is 0 Å². The zero-order valence-corrected chi connectivity index (χ0v) is 6.12. The number of carboxylic acids is 1. The highest BCUT2D eigenvalue weighted by molar-refractivity contribution is 5.67. The van der Waals surface area contributed by atoms with Gasteiger partial charge in [0.15, 0.2) is 0 Å². The summed E-state index contributed by atoms with van der Waals surface area (Å²) in [6, 6.07) is 0. The zero-order chi connectivity index (χ0) is 8.27. The molecule has 64 valence electrons. The lowest BCUT2D eigenvalue weighted by atomic mass is 10.0. The highest BCUT2D eigenvalue weighted by Gasteiger charge is 2.27. The summed E-state index contributed by atoms with van der Waals surface area (Å²) < 4.78 is 17.8. The Hall–Kier alpha value is -0.640. The van der Waals surface area contributed by atoms with Gasteiger partial charge in [-0.2, -0.15) is 0 Å². The number of ether oxygens (including phenoxy) is 1. The average Bonchev–Trinajstić information content (AvgIpc) is 2.35. The van der Waals surface area contributed by atoms with Crippen LogP contribution >= 0.6 is 0 Å². The topological polar surface area (TPSA) is 46.5 Å². The lowest BCUT2D eigenvalue weighted by molar-refractivity contribution is -0.138. The summed E-state index contributed by atoms with van der Waals surface area (Å²) in [4.78, 5) is 10.1. The Labute approximate surface area is 64.2 Å². The Morgan fingerprint density at radius 2 is 2.55 bits per heavy atom. The van der Waals surface area contributed by atoms with Crippen molar-refractivity contribution in [2.45, 2.75) is 19.0 Å². The fourth-order valence-electron chi connectivity index (χ4n) is 1.17. The van der Waals surface area contributed by atoms with E-state index in [0.29, 0.717) is 19.6 Å². The number of carboxylic acid groups (broad SMARTS) is 1. The smallest absolute Gasteiger partial charge is 0.306 e. The second-order valence-corrected chi connectivity index (χ2v) is 2.74. The maximum absolute atomic E-state index is 12.9. The largest absolute Gasteiger partial charge is 0.481 e. The van der Waals surface area contributed by atoms with E-state index in [-0.39, 0.29) is 5.92 Å². The predicted molar refractivity (Wildman–Crippen MR) is 36.1 cm³/mol. The molecule has 4 heteroatoms. The molecule has 0 aromatic heterocycles. The second-order valence-electron chi connectivity index (χ2n) is 2.74. The third kappa shape index (κ3) is 2.46. The molecule has 1 rings (SSSR count). The summed E-state index contributed by atoms with van der Waals surface area (Å²) in [5.74, 6) is -1.28. The van der Waals surface area contributed by atoms with E-state index in [0.717, 1.165) is 0 Å². The molecule has 0 aromatic carbocycles. The molecule has 1 N–H and O–H groups in total. The van der Waals surface area contributed by atoms with Crippen LogP contribution in [0.5, 0.6) is 0 Å². The minimum atomic E-state index is -1.24. The number of hydrogen-bond acceptors (Lipinski definition) is 2. The van der Waals surface area contributed by atoms with Crippen molar-refractivity contribution in [1.29, 1.82) is 0 Å². The van der Waals surface area contributed by atoms with E-state index in [2.05, 4.69) is 0 Å². The molecule has 2 atom stereocenters. The Balaban J connectivity index is 2.28. The number of carbonyl (C=O) groups is 1. The summed E-state index contributed by atoms with van der Waals surface area (Å²) >= 11 is 0. The van der Waals surface area contributed by atoms with E-state index in [4.69, 9.17) is 9.84 Å². The number of alkyl halides is 1. The molecule has 3 nitrogen and oxygen atoms in total. The molecular formula is C7H11FO3. The van der Waals surface area contributed by atoms with Crippen LogP contribution < -0.4 is 0 Å². The van der Waals surface area contributed by atoms with Gasteiger partial charge in [0.05, 0.1) is 13.0 Å². The molecule has 1 fully saturated rings. The van der Waals surface area contributed by atoms with Gasteiger partial charge in [-0.1, -0.05) is 0 Å². The lowest BCUT2D eigenvalue weighted by Gasteiger charge is -2.10. The summed E-state index contributed by atoms with van der Waals surface area (Å²) in [7, 11) is 0. The van der Waals surface area contributed by atoms with Gasteiger partial charge in [-0.25, -0.2) is 4.39 Å². The highest BCUT2D eigenvalue weighted by atomic mass is 19.1. The molecule has 11 heavy (non-hydrogen) atoms. The van der Waals surface area contributed by atoms with Crippen LogP contribution in [0.2, 0.25) is 0 Å². The maximum atomic E-state index is 12.9. The monoisotopic (exact) mass is 162 g/mol. The summed E-state index contributed by atoms with van der Waals surface area (Å²) in [5.41, 5.74) is 0. The molecule has 1 aliphatic rings. The summed E-state index contributed by atoms with van der Waals surface area (Å²) in [6.45, 7) is 0.930. The first-order valence-corrected chi connectivity index (χ1v) is 3.63. The number of aliphatic carboxylic acids is 1. The quantitative estimate of drug-likeness (QED) is 0.668. The van der Waals surface area contributed by atoms with Crippen LogP contribution in [0.4, 0.5) is 4.39 Å². The van der Waals surface area contributed by atoms with Gasteiger partial charge in [0.2, 0.25) is 0 Å². The van der Waals surface area contributed by atoms with E-state index < -0.39 is 18.6 Å². The molecule has 0 saturated carbocycles. The van der Waals surface area contributed by atoms with Crippen molar-refractivity contribution in [2.24, 2.45) is 5.92 Å². The molecule has 0 aromatic rings. The molecular weight excluding hydrogens is 151 g/mol. The van der Waals surface area contributed by atoms with Gasteiger partial charge in [-0.3, -0.25) is 4.79 Å². The Morgan fingerprint density at radius 1 is 1.82 bits per heavy atom. The Kier molecular flexibility index (Phi) is 2.82. The predicted octanol–water partition coefficient (Wildman–Crippen LogP) is 0.836. The molecule has 0 spiro atoms. The van der Waals surface area contributed by atoms with Gasteiger partial charge >= 0.3 is 5.97 Å². The van der Waals surface area contributed by atoms with E-state index in [1.807, 2.05) is 0 Å². The summed E-state index contributed by atoms with van der Waals surface area (Å²) in [6.07, 6.45) is -0.988. The minimum Gasteiger partial charge on any atom is -0.481 e. The molecule has 2 unspecified atom stereocenters. The van der Waals surface area contributed by atoms with Crippen molar-refractivity contribution >= 4 is 5.97 Å². The fourth-order valence-corrected chi connectivity index (χ4v) is 1.17. The molecule has 1 saturated heterocycles. The average molecular weight is 162 g/mol. The third-order valence-corrected chi connectivity index (χ3v) is 1.85. The number of halogens is 1. The first kappa shape index (κ1) is 8.46. The normalized spacial score (nSPS) is 26.8. The molecule has 0 amide bonds. The Morgan fingerprint density at radius 3 is 3.00 bits per heavy atom. The standard InChI is InChI=1S/C7H11FO3/c8-6(3-7(9)10)5-1-2-11-4-5/h5-6H,1-4H2,(H,9,10). The lowest BCUT2D eigenvalue weighted by Crippen LogP contribution is -2.19. The first-order chi connectivity index (χ1) is 5.20. The molecule has 0 bridgehead atoms. The van der Waals surface area contributed by atoms with Gasteiger partial charge in [0.25, 0.3) is 0 Å². The maximum Gasteiger partial charge on any atom is 0.306 e. The van der Waals surface area contributed by atoms with Crippen LogP contribution in [0, 0.1) is 5.92 Å². The van der Waals surface area contributed by atoms with Crippen LogP contribution in [0.1, 0.15) is 12.8 Å². The molecule has 0 radical (unpaired) electrons. The second kappa shape index (κ2) is 3.67. The van der Waals surface area contributed by atoms with Crippen LogP contribution in [0.15, 0.2) is 0 Å². The zero-order valence-electron chi connectivity index (χ0n) is 6.12. The van der Waals surface area contributed by atoms with Gasteiger partial charge < -0.3 is 9.84 Å². The summed E-state index contributed by atoms with van der Waals surface area (Å²) in [5, 5.41) is 8.26. The SMILES string of the molecule is O=C(O)CC(F)C1CCOC1. The first-order valence-electron chi connectivity index (χ1n) is 3.63. The van der Waals surface area contributed by atoms with E-state index in [1.165, 1.54) is 0 Å². The van der Waals surface area contributed by atoms with Gasteiger partial charge in [0, 0.05) is 12.5 Å². The fraction of sp³-hybridized carbons (Fsp3) is 0.857. The van der Waals surface area contributed by atoms with Crippen LogP contribution in [0.25, 0.3) is 0 Å². The molecule has 1 aliphatic heterocycles. The third-order valence-electron chi connectivity index (χ3n) is 1.85. The van der Waals surface area contributed by atoms with Crippen LogP contribution in [-0.2, 0) is 9.53 Å². The van der Waals surface area contributed by atoms with Crippen molar-refractivity contribution in [3.05, 3.63) is 0 Å².